The first kappa shape index (κ1) is 33.7. The summed E-state index contributed by atoms with van der Waals surface area (Å²) in [6.07, 6.45) is 14.3. The van der Waals surface area contributed by atoms with Crippen LogP contribution in [-0.4, -0.2) is 85.5 Å². The second-order valence-corrected chi connectivity index (χ2v) is 15.0. The van der Waals surface area contributed by atoms with Gasteiger partial charge in [0.25, 0.3) is 0 Å². The van der Waals surface area contributed by atoms with Crippen molar-refractivity contribution in [2.75, 3.05) is 44.4 Å². The van der Waals surface area contributed by atoms with Gasteiger partial charge in [-0.25, -0.2) is 13.2 Å². The Bertz CT molecular complexity index is 2160. The molecule has 264 valence electrons. The number of likely N-dealkylation sites (tertiary alicyclic amines) is 1. The number of piperidine rings is 1. The number of aromatic hydroxyl groups is 1. The average Bonchev–Trinajstić information content (AvgIpc) is 3.75. The minimum atomic E-state index is -1.20. The zero-order valence-corrected chi connectivity index (χ0v) is 29.1. The van der Waals surface area contributed by atoms with Crippen LogP contribution in [0.4, 0.5) is 14.6 Å². The quantitative estimate of drug-likeness (QED) is 0.193. The van der Waals surface area contributed by atoms with Gasteiger partial charge in [-0.3, -0.25) is 9.88 Å². The molecule has 5 aromatic rings. The lowest BCUT2D eigenvalue weighted by molar-refractivity contribution is -0.0123. The third-order valence-electron chi connectivity index (χ3n) is 10.6. The fraction of sp³-hybridized carbons (Fsp3) is 0.421. The van der Waals surface area contributed by atoms with Crippen molar-refractivity contribution in [3.05, 3.63) is 64.8 Å². The molecule has 13 heteroatoms. The van der Waals surface area contributed by atoms with E-state index in [-0.39, 0.29) is 58.1 Å². The van der Waals surface area contributed by atoms with E-state index in [0.717, 1.165) is 45.2 Å². The van der Waals surface area contributed by atoms with Crippen molar-refractivity contribution in [3.8, 4) is 35.4 Å². The number of terminal acetylenes is 1. The first-order valence-electron chi connectivity index (χ1n) is 17.2. The molecule has 0 radical (unpaired) electrons. The Kier molecular flexibility index (Phi) is 8.74. The Morgan fingerprint density at radius 2 is 2.02 bits per heavy atom. The second kappa shape index (κ2) is 13.2. The van der Waals surface area contributed by atoms with Gasteiger partial charge >= 0.3 is 6.01 Å². The van der Waals surface area contributed by atoms with Gasteiger partial charge in [0.05, 0.1) is 37.3 Å². The number of aliphatic hydroxyl groups is 1. The highest BCUT2D eigenvalue weighted by atomic mass is 32.1. The zero-order chi connectivity index (χ0) is 35.3. The number of hydrogen-bond acceptors (Lipinski definition) is 11. The molecule has 2 saturated heterocycles. The minimum absolute atomic E-state index is 0.00802. The molecule has 5 heterocycles. The summed E-state index contributed by atoms with van der Waals surface area (Å²) < 4.78 is 48.4. The maximum atomic E-state index is 17.0. The molecule has 0 amide bonds. The van der Waals surface area contributed by atoms with Gasteiger partial charge in [0.1, 0.15) is 34.2 Å². The largest absolute Gasteiger partial charge is 0.508 e. The number of benzene rings is 2. The molecule has 3 atom stereocenters. The van der Waals surface area contributed by atoms with Crippen LogP contribution >= 0.6 is 11.5 Å². The topological polar surface area (TPSA) is 117 Å². The Balaban J connectivity index is 1.23. The van der Waals surface area contributed by atoms with Crippen molar-refractivity contribution >= 4 is 39.0 Å². The van der Waals surface area contributed by atoms with Crippen molar-refractivity contribution in [3.63, 3.8) is 0 Å². The van der Waals surface area contributed by atoms with E-state index in [4.69, 9.17) is 20.9 Å². The maximum absolute atomic E-state index is 17.0. The van der Waals surface area contributed by atoms with Crippen LogP contribution in [0.2, 0.25) is 0 Å². The third kappa shape index (κ3) is 6.24. The van der Waals surface area contributed by atoms with Gasteiger partial charge in [0, 0.05) is 53.3 Å². The summed E-state index contributed by atoms with van der Waals surface area (Å²) in [7, 11) is 0. The summed E-state index contributed by atoms with van der Waals surface area (Å²) in [5, 5.41) is 24.8. The lowest BCUT2D eigenvalue weighted by atomic mass is 9.75. The highest BCUT2D eigenvalue weighted by molar-refractivity contribution is 7.03. The number of pyridine rings is 1. The molecule has 3 fully saturated rings. The second-order valence-electron chi connectivity index (χ2n) is 14.3. The van der Waals surface area contributed by atoms with E-state index in [9.17, 15) is 14.6 Å². The number of ether oxygens (including phenoxy) is 2. The van der Waals surface area contributed by atoms with Crippen molar-refractivity contribution in [1.82, 2.24) is 24.2 Å². The number of fused-ring (bicyclic) bond motifs is 3. The van der Waals surface area contributed by atoms with E-state index in [1.165, 1.54) is 47.6 Å². The molecule has 3 aromatic heterocycles. The zero-order valence-electron chi connectivity index (χ0n) is 28.2. The minimum Gasteiger partial charge on any atom is -0.508 e. The molecule has 2 aromatic carbocycles. The summed E-state index contributed by atoms with van der Waals surface area (Å²) >= 11 is 1.46. The summed E-state index contributed by atoms with van der Waals surface area (Å²) in [6, 6.07) is 5.79. The SMILES string of the molecule is C#Cc1c(F)ccc2cc(O)cc(-c3ncc4c(N5CCOC[C@@](C)(O)C5)nc(OC[C@]56CCC[C@H]5N(Cc5cnsc5)CCC6)nc4c3F)c12. The van der Waals surface area contributed by atoms with Crippen LogP contribution in [0.25, 0.3) is 32.9 Å². The molecule has 1 aliphatic carbocycles. The Labute approximate surface area is 298 Å². The molecule has 3 aliphatic rings. The van der Waals surface area contributed by atoms with E-state index in [1.54, 1.807) is 6.92 Å². The monoisotopic (exact) mass is 712 g/mol. The highest BCUT2D eigenvalue weighted by Gasteiger charge is 2.48. The van der Waals surface area contributed by atoms with Gasteiger partial charge in [-0.2, -0.15) is 9.97 Å². The van der Waals surface area contributed by atoms with Crippen molar-refractivity contribution < 1.29 is 28.5 Å². The molecule has 51 heavy (non-hydrogen) atoms. The number of halogens is 2. The van der Waals surface area contributed by atoms with Crippen molar-refractivity contribution in [1.29, 1.82) is 0 Å². The predicted octanol–water partition coefficient (Wildman–Crippen LogP) is 6.07. The number of phenols is 1. The normalized spacial score (nSPS) is 24.1. The van der Waals surface area contributed by atoms with Crippen LogP contribution in [0.1, 0.15) is 50.2 Å². The van der Waals surface area contributed by atoms with Crippen LogP contribution in [0.3, 0.4) is 0 Å². The number of rotatable bonds is 7. The van der Waals surface area contributed by atoms with Gasteiger partial charge in [-0.05, 0) is 79.8 Å². The van der Waals surface area contributed by atoms with E-state index in [0.29, 0.717) is 42.4 Å². The molecule has 0 spiro atoms. The molecule has 10 nitrogen and oxygen atoms in total. The Morgan fingerprint density at radius 3 is 2.84 bits per heavy atom. The predicted molar refractivity (Wildman–Crippen MR) is 191 cm³/mol. The number of hydrogen-bond donors (Lipinski definition) is 2. The van der Waals surface area contributed by atoms with Gasteiger partial charge in [-0.15, -0.1) is 6.42 Å². The highest BCUT2D eigenvalue weighted by Crippen LogP contribution is 2.48. The lowest BCUT2D eigenvalue weighted by Gasteiger charge is -2.46. The Hall–Kier alpha value is -4.48. The van der Waals surface area contributed by atoms with Crippen molar-refractivity contribution in [2.45, 2.75) is 57.2 Å². The molecule has 0 unspecified atom stereocenters. The van der Waals surface area contributed by atoms with Gasteiger partial charge in [-0.1, -0.05) is 18.4 Å². The molecular formula is C38H38F2N6O4S. The summed E-state index contributed by atoms with van der Waals surface area (Å²) in [5.74, 6) is 1.12. The number of nitrogens with zero attached hydrogens (tertiary/aromatic N) is 6. The number of phenolic OH excluding ortho intramolecular Hbond substituents is 1. The van der Waals surface area contributed by atoms with Gasteiger partial charge in [0.15, 0.2) is 5.82 Å². The van der Waals surface area contributed by atoms with E-state index < -0.39 is 17.2 Å². The van der Waals surface area contributed by atoms with Crippen molar-refractivity contribution in [2.24, 2.45) is 5.41 Å². The fourth-order valence-corrected chi connectivity index (χ4v) is 8.93. The Morgan fingerprint density at radius 1 is 1.16 bits per heavy atom. The van der Waals surface area contributed by atoms with Crippen LogP contribution in [0.5, 0.6) is 11.8 Å². The molecule has 2 aliphatic heterocycles. The van der Waals surface area contributed by atoms with Crippen LogP contribution in [-0.2, 0) is 11.3 Å². The lowest BCUT2D eigenvalue weighted by Crippen LogP contribution is -2.51. The summed E-state index contributed by atoms with van der Waals surface area (Å²) in [6.45, 7) is 4.89. The first-order chi connectivity index (χ1) is 24.6. The smallest absolute Gasteiger partial charge is 0.319 e. The fourth-order valence-electron chi connectivity index (χ4n) is 8.40. The molecule has 8 rings (SSSR count). The third-order valence-corrected chi connectivity index (χ3v) is 11.3. The average molecular weight is 713 g/mol. The first-order valence-corrected chi connectivity index (χ1v) is 18.1. The standard InChI is InChI=1S/C38H38F2N6O4S/c1-3-26-29(39)8-7-24-14-25(47)15-27(31(24)26)33-32(40)34-28(17-41-33)35(46-12-13-49-21-37(2,48)20-46)44-36(43-34)50-22-38-9-4-6-30(38)45(11-5-10-38)18-23-16-42-51-19-23/h1,7-8,14-17,19,30,47-48H,4-6,9-13,18,20-22H2,2H3/t30-,37+,38-/m1/s1. The summed E-state index contributed by atoms with van der Waals surface area (Å²) in [4.78, 5) is 18.4. The van der Waals surface area contributed by atoms with Crippen LogP contribution in [0, 0.1) is 29.4 Å². The molecular weight excluding hydrogens is 675 g/mol. The van der Waals surface area contributed by atoms with E-state index >= 15 is 4.39 Å². The maximum Gasteiger partial charge on any atom is 0.319 e. The molecule has 0 bridgehead atoms. The van der Waals surface area contributed by atoms with Crippen LogP contribution < -0.4 is 9.64 Å². The van der Waals surface area contributed by atoms with Gasteiger partial charge in [0.2, 0.25) is 0 Å². The van der Waals surface area contributed by atoms with Crippen LogP contribution in [0.15, 0.2) is 42.0 Å². The van der Waals surface area contributed by atoms with E-state index in [2.05, 4.69) is 30.5 Å². The number of anilines is 1. The number of β-amino-alcohol motifs (C(OH)–C–C–N with tert-alkyl or cyclic N) is 1. The molecule has 2 N–H and O–H groups in total. The van der Waals surface area contributed by atoms with Gasteiger partial charge < -0.3 is 24.6 Å². The van der Waals surface area contributed by atoms with E-state index in [1.807, 2.05) is 11.1 Å². The summed E-state index contributed by atoms with van der Waals surface area (Å²) in [5.41, 5.74) is -0.260. The number of aromatic nitrogens is 4. The molecule has 1 saturated carbocycles.